The Labute approximate surface area is 138 Å². The van der Waals surface area contributed by atoms with Gasteiger partial charge >= 0.3 is 0 Å². The Morgan fingerprint density at radius 2 is 2.13 bits per heavy atom. The van der Waals surface area contributed by atoms with Gasteiger partial charge in [-0.25, -0.2) is 9.97 Å². The van der Waals surface area contributed by atoms with Crippen LogP contribution in [0, 0.1) is 0 Å². The summed E-state index contributed by atoms with van der Waals surface area (Å²) in [5.41, 5.74) is 0. The molecule has 0 radical (unpaired) electrons. The molecule has 3 heterocycles. The van der Waals surface area contributed by atoms with Crippen LogP contribution in [0.4, 0.5) is 5.82 Å². The zero-order valence-corrected chi connectivity index (χ0v) is 14.1. The van der Waals surface area contributed by atoms with Crippen molar-refractivity contribution in [1.82, 2.24) is 24.4 Å². The average molecular weight is 314 g/mol. The van der Waals surface area contributed by atoms with Gasteiger partial charge in [0.25, 0.3) is 0 Å². The SMILES string of the molecule is CN(C)CCCn1ccnc1[C@@H]1CCCN(c2cnccn2)C1. The number of piperidine rings is 1. The van der Waals surface area contributed by atoms with Gasteiger partial charge in [0.05, 0.1) is 6.20 Å². The Morgan fingerprint density at radius 3 is 2.91 bits per heavy atom. The molecule has 1 fully saturated rings. The fraction of sp³-hybridized carbons (Fsp3) is 0.588. The number of anilines is 1. The van der Waals surface area contributed by atoms with E-state index < -0.39 is 0 Å². The second-order valence-electron chi connectivity index (χ2n) is 6.48. The fourth-order valence-electron chi connectivity index (χ4n) is 3.28. The largest absolute Gasteiger partial charge is 0.355 e. The predicted molar refractivity (Wildman–Crippen MR) is 91.6 cm³/mol. The van der Waals surface area contributed by atoms with Crippen molar-refractivity contribution in [1.29, 1.82) is 0 Å². The summed E-state index contributed by atoms with van der Waals surface area (Å²) in [6.45, 7) is 4.17. The molecule has 1 saturated heterocycles. The van der Waals surface area contributed by atoms with E-state index in [4.69, 9.17) is 0 Å². The van der Waals surface area contributed by atoms with Crippen molar-refractivity contribution in [2.24, 2.45) is 0 Å². The van der Waals surface area contributed by atoms with E-state index in [1.165, 1.54) is 18.7 Å². The molecule has 1 aliphatic heterocycles. The number of imidazole rings is 1. The molecule has 0 bridgehead atoms. The molecular weight excluding hydrogens is 288 g/mol. The highest BCUT2D eigenvalue weighted by Crippen LogP contribution is 2.28. The van der Waals surface area contributed by atoms with E-state index in [-0.39, 0.29) is 0 Å². The van der Waals surface area contributed by atoms with E-state index in [1.54, 1.807) is 12.4 Å². The highest BCUT2D eigenvalue weighted by molar-refractivity contribution is 5.36. The molecule has 0 amide bonds. The minimum Gasteiger partial charge on any atom is -0.355 e. The number of nitrogens with zero attached hydrogens (tertiary/aromatic N) is 6. The number of hydrogen-bond acceptors (Lipinski definition) is 5. The molecule has 2 aromatic heterocycles. The molecule has 0 spiro atoms. The minimum absolute atomic E-state index is 0.472. The summed E-state index contributed by atoms with van der Waals surface area (Å²) in [5, 5.41) is 0. The van der Waals surface area contributed by atoms with Gasteiger partial charge in [0.2, 0.25) is 0 Å². The van der Waals surface area contributed by atoms with Crippen LogP contribution in [0.15, 0.2) is 31.0 Å². The Morgan fingerprint density at radius 1 is 1.22 bits per heavy atom. The van der Waals surface area contributed by atoms with Crippen molar-refractivity contribution in [2.75, 3.05) is 38.6 Å². The Kier molecular flexibility index (Phi) is 5.23. The number of hydrogen-bond donors (Lipinski definition) is 0. The molecule has 0 N–H and O–H groups in total. The molecule has 0 aromatic carbocycles. The first-order valence-electron chi connectivity index (χ1n) is 8.41. The van der Waals surface area contributed by atoms with Crippen LogP contribution in [0.1, 0.15) is 31.0 Å². The van der Waals surface area contributed by atoms with Crippen molar-refractivity contribution in [3.8, 4) is 0 Å². The van der Waals surface area contributed by atoms with E-state index in [0.29, 0.717) is 5.92 Å². The average Bonchev–Trinajstić information content (AvgIpc) is 3.04. The molecule has 0 aliphatic carbocycles. The van der Waals surface area contributed by atoms with Crippen LogP contribution in [0.3, 0.4) is 0 Å². The molecule has 124 valence electrons. The van der Waals surface area contributed by atoms with Gasteiger partial charge < -0.3 is 14.4 Å². The summed E-state index contributed by atoms with van der Waals surface area (Å²) in [6.07, 6.45) is 12.9. The summed E-state index contributed by atoms with van der Waals surface area (Å²) < 4.78 is 2.33. The quantitative estimate of drug-likeness (QED) is 0.816. The summed E-state index contributed by atoms with van der Waals surface area (Å²) >= 11 is 0. The Balaban J connectivity index is 1.66. The van der Waals surface area contributed by atoms with E-state index in [1.807, 2.05) is 12.4 Å². The normalized spacial score (nSPS) is 18.6. The van der Waals surface area contributed by atoms with Gasteiger partial charge in [0, 0.05) is 50.3 Å². The third kappa shape index (κ3) is 4.07. The highest BCUT2D eigenvalue weighted by Gasteiger charge is 2.25. The molecular formula is C17H26N6. The van der Waals surface area contributed by atoms with Crippen LogP contribution in [-0.2, 0) is 6.54 Å². The lowest BCUT2D eigenvalue weighted by molar-refractivity contribution is 0.380. The van der Waals surface area contributed by atoms with E-state index in [9.17, 15) is 0 Å². The van der Waals surface area contributed by atoms with Crippen molar-refractivity contribution >= 4 is 5.82 Å². The van der Waals surface area contributed by atoms with Crippen molar-refractivity contribution in [3.05, 3.63) is 36.8 Å². The zero-order chi connectivity index (χ0) is 16.1. The maximum absolute atomic E-state index is 4.65. The molecule has 0 saturated carbocycles. The van der Waals surface area contributed by atoms with Gasteiger partial charge in [0.1, 0.15) is 11.6 Å². The summed E-state index contributed by atoms with van der Waals surface area (Å²) in [5.74, 6) is 2.67. The number of aromatic nitrogens is 4. The van der Waals surface area contributed by atoms with Crippen molar-refractivity contribution in [2.45, 2.75) is 31.7 Å². The van der Waals surface area contributed by atoms with Gasteiger partial charge in [-0.2, -0.15) is 0 Å². The molecule has 6 nitrogen and oxygen atoms in total. The third-order valence-electron chi connectivity index (χ3n) is 4.41. The summed E-state index contributed by atoms with van der Waals surface area (Å²) in [7, 11) is 4.24. The van der Waals surface area contributed by atoms with Gasteiger partial charge in [-0.3, -0.25) is 4.98 Å². The topological polar surface area (TPSA) is 50.1 Å². The van der Waals surface area contributed by atoms with Gasteiger partial charge in [-0.15, -0.1) is 0 Å². The monoisotopic (exact) mass is 314 g/mol. The third-order valence-corrected chi connectivity index (χ3v) is 4.41. The lowest BCUT2D eigenvalue weighted by Gasteiger charge is -2.33. The maximum Gasteiger partial charge on any atom is 0.147 e. The van der Waals surface area contributed by atoms with E-state index in [2.05, 4.69) is 49.6 Å². The smallest absolute Gasteiger partial charge is 0.147 e. The van der Waals surface area contributed by atoms with Crippen LogP contribution in [0.2, 0.25) is 0 Å². The second kappa shape index (κ2) is 7.55. The first-order chi connectivity index (χ1) is 11.2. The van der Waals surface area contributed by atoms with Gasteiger partial charge in [-0.05, 0) is 39.9 Å². The Bertz CT molecular complexity index is 594. The van der Waals surface area contributed by atoms with Crippen LogP contribution in [0.5, 0.6) is 0 Å². The molecule has 2 aromatic rings. The van der Waals surface area contributed by atoms with Crippen LogP contribution in [-0.4, -0.2) is 58.1 Å². The lowest BCUT2D eigenvalue weighted by atomic mass is 9.97. The molecule has 3 rings (SSSR count). The second-order valence-corrected chi connectivity index (χ2v) is 6.48. The van der Waals surface area contributed by atoms with E-state index in [0.717, 1.165) is 38.4 Å². The summed E-state index contributed by atoms with van der Waals surface area (Å²) in [4.78, 5) is 17.8. The zero-order valence-electron chi connectivity index (χ0n) is 14.1. The van der Waals surface area contributed by atoms with Crippen LogP contribution in [0.25, 0.3) is 0 Å². The lowest BCUT2D eigenvalue weighted by Crippen LogP contribution is -2.36. The van der Waals surface area contributed by atoms with Crippen LogP contribution >= 0.6 is 0 Å². The fourth-order valence-corrected chi connectivity index (χ4v) is 3.28. The predicted octanol–water partition coefficient (Wildman–Crippen LogP) is 2.01. The van der Waals surface area contributed by atoms with Gasteiger partial charge in [0.15, 0.2) is 0 Å². The minimum atomic E-state index is 0.472. The standard InChI is InChI=1S/C17H26N6/c1-21(2)9-4-11-22-12-8-20-17(22)15-5-3-10-23(14-15)16-13-18-6-7-19-16/h6-8,12-13,15H,3-5,9-11,14H2,1-2H3/t15-/m1/s1. The summed E-state index contributed by atoms with van der Waals surface area (Å²) in [6, 6.07) is 0. The molecule has 0 unspecified atom stereocenters. The molecule has 1 atom stereocenters. The number of aryl methyl sites for hydroxylation is 1. The molecule has 6 heteroatoms. The highest BCUT2D eigenvalue weighted by atomic mass is 15.2. The first-order valence-corrected chi connectivity index (χ1v) is 8.41. The maximum atomic E-state index is 4.65. The molecule has 1 aliphatic rings. The first kappa shape index (κ1) is 15.9. The number of rotatable bonds is 6. The van der Waals surface area contributed by atoms with Crippen molar-refractivity contribution < 1.29 is 0 Å². The Hall–Kier alpha value is -1.95. The van der Waals surface area contributed by atoms with Crippen LogP contribution < -0.4 is 4.90 Å². The molecule has 23 heavy (non-hydrogen) atoms. The van der Waals surface area contributed by atoms with Gasteiger partial charge in [-0.1, -0.05) is 0 Å². The van der Waals surface area contributed by atoms with E-state index >= 15 is 0 Å². The van der Waals surface area contributed by atoms with Crippen molar-refractivity contribution in [3.63, 3.8) is 0 Å².